The third-order valence-electron chi connectivity index (χ3n) is 4.49. The molecule has 1 unspecified atom stereocenters. The van der Waals surface area contributed by atoms with Gasteiger partial charge in [-0.25, -0.2) is 0 Å². The Hall–Kier alpha value is -2.44. The zero-order valence-electron chi connectivity index (χ0n) is 16.7. The van der Waals surface area contributed by atoms with E-state index in [2.05, 4.69) is 10.6 Å². The van der Waals surface area contributed by atoms with Crippen LogP contribution >= 0.6 is 12.4 Å². The van der Waals surface area contributed by atoms with Crippen molar-refractivity contribution in [2.24, 2.45) is 0 Å². The fraction of sp³-hybridized carbons (Fsp3) is 0.409. The molecule has 1 aliphatic heterocycles. The number of hydrogen-bond acceptors (Lipinski definition) is 5. The maximum atomic E-state index is 12.5. The Morgan fingerprint density at radius 2 is 1.86 bits per heavy atom. The number of benzene rings is 2. The summed E-state index contributed by atoms with van der Waals surface area (Å²) in [6.07, 6.45) is 2.08. The number of ether oxygens (including phenoxy) is 3. The Kier molecular flexibility index (Phi) is 9.60. The van der Waals surface area contributed by atoms with Gasteiger partial charge in [0.1, 0.15) is 19.0 Å². The Morgan fingerprint density at radius 1 is 1.07 bits per heavy atom. The van der Waals surface area contributed by atoms with Gasteiger partial charge in [0.05, 0.1) is 6.61 Å². The Bertz CT molecular complexity index is 752. The number of halogens is 1. The Morgan fingerprint density at radius 3 is 2.59 bits per heavy atom. The van der Waals surface area contributed by atoms with Crippen molar-refractivity contribution in [1.82, 2.24) is 10.6 Å². The number of rotatable bonds is 9. The van der Waals surface area contributed by atoms with E-state index >= 15 is 0 Å². The van der Waals surface area contributed by atoms with Gasteiger partial charge in [-0.2, -0.15) is 0 Å². The highest BCUT2D eigenvalue weighted by molar-refractivity contribution is 5.95. The molecule has 0 aromatic heterocycles. The highest BCUT2D eigenvalue weighted by Gasteiger charge is 2.18. The van der Waals surface area contributed by atoms with E-state index in [9.17, 15) is 4.79 Å². The van der Waals surface area contributed by atoms with Crippen molar-refractivity contribution in [3.05, 3.63) is 54.1 Å². The van der Waals surface area contributed by atoms with E-state index < -0.39 is 0 Å². The summed E-state index contributed by atoms with van der Waals surface area (Å²) in [6, 6.07) is 15.1. The van der Waals surface area contributed by atoms with E-state index in [1.54, 1.807) is 18.2 Å². The van der Waals surface area contributed by atoms with Gasteiger partial charge in [0.25, 0.3) is 5.91 Å². The molecule has 0 aliphatic carbocycles. The van der Waals surface area contributed by atoms with Crippen LogP contribution in [0.2, 0.25) is 0 Å². The molecule has 1 heterocycles. The maximum Gasteiger partial charge on any atom is 0.251 e. The highest BCUT2D eigenvalue weighted by Crippen LogP contribution is 2.28. The van der Waals surface area contributed by atoms with E-state index in [1.807, 2.05) is 37.3 Å². The van der Waals surface area contributed by atoms with Crippen LogP contribution in [0.1, 0.15) is 30.1 Å². The molecule has 29 heavy (non-hydrogen) atoms. The van der Waals surface area contributed by atoms with E-state index in [0.717, 1.165) is 31.7 Å². The van der Waals surface area contributed by atoms with Gasteiger partial charge >= 0.3 is 0 Å². The Labute approximate surface area is 178 Å². The van der Waals surface area contributed by atoms with Gasteiger partial charge in [0.15, 0.2) is 11.5 Å². The zero-order valence-corrected chi connectivity index (χ0v) is 17.5. The van der Waals surface area contributed by atoms with Crippen molar-refractivity contribution in [3.8, 4) is 17.2 Å². The van der Waals surface area contributed by atoms with Crippen LogP contribution in [0.4, 0.5) is 0 Å². The van der Waals surface area contributed by atoms with Gasteiger partial charge in [0, 0.05) is 18.2 Å². The lowest BCUT2D eigenvalue weighted by Crippen LogP contribution is -2.45. The van der Waals surface area contributed by atoms with Crippen molar-refractivity contribution < 1.29 is 19.0 Å². The lowest BCUT2D eigenvalue weighted by atomic mass is 10.1. The molecule has 1 aliphatic rings. The SMILES string of the molecule is CCOc1cc(C(=O)NC2CCCNC2)ccc1OCCOc1ccccc1.Cl. The molecular weight excluding hydrogens is 392 g/mol. The number of amides is 1. The molecular formula is C22H29ClN2O4. The van der Waals surface area contributed by atoms with Gasteiger partial charge in [0.2, 0.25) is 0 Å². The molecule has 0 bridgehead atoms. The molecule has 3 rings (SSSR count). The summed E-state index contributed by atoms with van der Waals surface area (Å²) in [5.41, 5.74) is 0.571. The van der Waals surface area contributed by atoms with Crippen LogP contribution < -0.4 is 24.8 Å². The van der Waals surface area contributed by atoms with Crippen LogP contribution in [0.5, 0.6) is 17.2 Å². The quantitative estimate of drug-likeness (QED) is 0.608. The maximum absolute atomic E-state index is 12.5. The molecule has 1 amide bonds. The lowest BCUT2D eigenvalue weighted by molar-refractivity contribution is 0.0930. The summed E-state index contributed by atoms with van der Waals surface area (Å²) in [7, 11) is 0. The molecule has 0 radical (unpaired) electrons. The van der Waals surface area contributed by atoms with E-state index in [0.29, 0.717) is 36.9 Å². The molecule has 158 valence electrons. The predicted octanol–water partition coefficient (Wildman–Crippen LogP) is 3.45. The van der Waals surface area contributed by atoms with Crippen LogP contribution in [-0.4, -0.2) is 44.9 Å². The van der Waals surface area contributed by atoms with Crippen LogP contribution in [0.25, 0.3) is 0 Å². The number of nitrogens with one attached hydrogen (secondary N) is 2. The second-order valence-corrected chi connectivity index (χ2v) is 6.62. The molecule has 0 saturated carbocycles. The number of carbonyl (C=O) groups is 1. The molecule has 0 spiro atoms. The number of carbonyl (C=O) groups excluding carboxylic acids is 1. The Balaban J connectivity index is 0.00000300. The molecule has 1 atom stereocenters. The molecule has 2 aromatic carbocycles. The molecule has 7 heteroatoms. The minimum Gasteiger partial charge on any atom is -0.490 e. The zero-order chi connectivity index (χ0) is 19.6. The van der Waals surface area contributed by atoms with Crippen LogP contribution in [-0.2, 0) is 0 Å². The topological polar surface area (TPSA) is 68.8 Å². The lowest BCUT2D eigenvalue weighted by Gasteiger charge is -2.24. The normalized spacial score (nSPS) is 15.7. The fourth-order valence-corrected chi connectivity index (χ4v) is 3.11. The monoisotopic (exact) mass is 420 g/mol. The van der Waals surface area contributed by atoms with Gasteiger partial charge in [-0.3, -0.25) is 4.79 Å². The highest BCUT2D eigenvalue weighted by atomic mass is 35.5. The van der Waals surface area contributed by atoms with Crippen LogP contribution in [0.3, 0.4) is 0 Å². The largest absolute Gasteiger partial charge is 0.490 e. The molecule has 1 saturated heterocycles. The summed E-state index contributed by atoms with van der Waals surface area (Å²) in [4.78, 5) is 12.5. The first-order valence-electron chi connectivity index (χ1n) is 9.85. The second-order valence-electron chi connectivity index (χ2n) is 6.62. The summed E-state index contributed by atoms with van der Waals surface area (Å²) in [5.74, 6) is 1.89. The van der Waals surface area contributed by atoms with E-state index in [1.165, 1.54) is 0 Å². The molecule has 2 N–H and O–H groups in total. The summed E-state index contributed by atoms with van der Waals surface area (Å²) in [5, 5.41) is 6.38. The fourth-order valence-electron chi connectivity index (χ4n) is 3.11. The van der Waals surface area contributed by atoms with Gasteiger partial charge in [-0.05, 0) is 56.6 Å². The standard InChI is InChI=1S/C22H28N2O4.ClH/c1-2-26-21-15-17(22(25)24-18-7-6-12-23-16-18)10-11-20(21)28-14-13-27-19-8-4-3-5-9-19;/h3-5,8-11,15,18,23H,2,6-7,12-14,16H2,1H3,(H,24,25);1H. The van der Waals surface area contributed by atoms with Crippen molar-refractivity contribution in [2.75, 3.05) is 32.9 Å². The van der Waals surface area contributed by atoms with E-state index in [4.69, 9.17) is 14.2 Å². The van der Waals surface area contributed by atoms with Crippen LogP contribution in [0.15, 0.2) is 48.5 Å². The van der Waals surface area contributed by atoms with Gasteiger partial charge < -0.3 is 24.8 Å². The third-order valence-corrected chi connectivity index (χ3v) is 4.49. The van der Waals surface area contributed by atoms with Crippen molar-refractivity contribution >= 4 is 18.3 Å². The van der Waals surface area contributed by atoms with Crippen molar-refractivity contribution in [1.29, 1.82) is 0 Å². The number of hydrogen-bond donors (Lipinski definition) is 2. The molecule has 6 nitrogen and oxygen atoms in total. The van der Waals surface area contributed by atoms with Crippen molar-refractivity contribution in [2.45, 2.75) is 25.8 Å². The second kappa shape index (κ2) is 12.2. The average molecular weight is 421 g/mol. The average Bonchev–Trinajstić information content (AvgIpc) is 2.73. The summed E-state index contributed by atoms with van der Waals surface area (Å²) in [6.45, 7) is 5.03. The van der Waals surface area contributed by atoms with Gasteiger partial charge in [-0.1, -0.05) is 18.2 Å². The van der Waals surface area contributed by atoms with Gasteiger partial charge in [-0.15, -0.1) is 12.4 Å². The summed E-state index contributed by atoms with van der Waals surface area (Å²) >= 11 is 0. The molecule has 1 fully saturated rings. The van der Waals surface area contributed by atoms with E-state index in [-0.39, 0.29) is 24.4 Å². The molecule has 2 aromatic rings. The minimum absolute atomic E-state index is 0. The number of para-hydroxylation sites is 1. The predicted molar refractivity (Wildman–Crippen MR) is 116 cm³/mol. The first-order chi connectivity index (χ1) is 13.8. The minimum atomic E-state index is -0.0892. The smallest absolute Gasteiger partial charge is 0.251 e. The first-order valence-corrected chi connectivity index (χ1v) is 9.85. The first kappa shape index (κ1) is 22.8. The van der Waals surface area contributed by atoms with Crippen molar-refractivity contribution in [3.63, 3.8) is 0 Å². The van der Waals surface area contributed by atoms with Crippen LogP contribution in [0, 0.1) is 0 Å². The number of piperidine rings is 1. The summed E-state index contributed by atoms with van der Waals surface area (Å²) < 4.78 is 17.1. The third kappa shape index (κ3) is 7.15.